The Kier molecular flexibility index (Phi) is 5.38. The van der Waals surface area contributed by atoms with Crippen molar-refractivity contribution < 1.29 is 4.79 Å². The highest BCUT2D eigenvalue weighted by Crippen LogP contribution is 2.25. The Morgan fingerprint density at radius 1 is 1.43 bits per heavy atom. The van der Waals surface area contributed by atoms with Crippen LogP contribution in [0.1, 0.15) is 25.8 Å². The number of rotatable bonds is 6. The van der Waals surface area contributed by atoms with Crippen molar-refractivity contribution in [3.05, 3.63) is 36.2 Å². The number of nitrogens with one attached hydrogen (secondary N) is 1. The lowest BCUT2D eigenvalue weighted by Gasteiger charge is -2.13. The average molecular weight is 304 g/mol. The molecule has 1 unspecified atom stereocenters. The number of thioether (sulfide) groups is 1. The van der Waals surface area contributed by atoms with Gasteiger partial charge in [-0.05, 0) is 31.9 Å². The SMILES string of the molecule is CCCNC(=O)C(C)Sc1nncn1-c1ccccc1C. The summed E-state index contributed by atoms with van der Waals surface area (Å²) < 4.78 is 1.92. The fourth-order valence-electron chi connectivity index (χ4n) is 1.91. The van der Waals surface area contributed by atoms with Crippen molar-refractivity contribution in [2.45, 2.75) is 37.6 Å². The molecule has 0 aliphatic heterocycles. The van der Waals surface area contributed by atoms with Gasteiger partial charge >= 0.3 is 0 Å². The smallest absolute Gasteiger partial charge is 0.233 e. The minimum atomic E-state index is -0.205. The predicted octanol–water partition coefficient (Wildman–Crippen LogP) is 2.58. The molecule has 1 amide bonds. The van der Waals surface area contributed by atoms with Gasteiger partial charge in [0.05, 0.1) is 10.9 Å². The summed E-state index contributed by atoms with van der Waals surface area (Å²) in [5.74, 6) is 0.0289. The van der Waals surface area contributed by atoms with Crippen LogP contribution in [0.2, 0.25) is 0 Å². The van der Waals surface area contributed by atoms with E-state index in [1.807, 2.05) is 49.6 Å². The molecule has 0 bridgehead atoms. The second kappa shape index (κ2) is 7.26. The van der Waals surface area contributed by atoms with E-state index in [9.17, 15) is 4.79 Å². The molecule has 112 valence electrons. The van der Waals surface area contributed by atoms with E-state index in [-0.39, 0.29) is 11.2 Å². The van der Waals surface area contributed by atoms with Crippen molar-refractivity contribution in [2.24, 2.45) is 0 Å². The highest BCUT2D eigenvalue weighted by atomic mass is 32.2. The van der Waals surface area contributed by atoms with Gasteiger partial charge in [0.2, 0.25) is 5.91 Å². The topological polar surface area (TPSA) is 59.8 Å². The molecule has 1 aromatic carbocycles. The van der Waals surface area contributed by atoms with E-state index < -0.39 is 0 Å². The molecule has 2 rings (SSSR count). The van der Waals surface area contributed by atoms with Gasteiger partial charge in [-0.15, -0.1) is 10.2 Å². The molecule has 21 heavy (non-hydrogen) atoms. The largest absolute Gasteiger partial charge is 0.355 e. The van der Waals surface area contributed by atoms with E-state index in [0.717, 1.165) is 22.8 Å². The van der Waals surface area contributed by atoms with Crippen molar-refractivity contribution in [1.82, 2.24) is 20.1 Å². The summed E-state index contributed by atoms with van der Waals surface area (Å²) in [4.78, 5) is 12.0. The maximum absolute atomic E-state index is 12.0. The first kappa shape index (κ1) is 15.6. The van der Waals surface area contributed by atoms with E-state index in [1.54, 1.807) is 6.33 Å². The number of aromatic nitrogens is 3. The third-order valence-electron chi connectivity index (χ3n) is 3.09. The normalized spacial score (nSPS) is 12.1. The standard InChI is InChI=1S/C15H20N4OS/c1-4-9-16-14(20)12(3)21-15-18-17-10-19(15)13-8-6-5-7-11(13)2/h5-8,10,12H,4,9H2,1-3H3,(H,16,20). The molecule has 1 N–H and O–H groups in total. The zero-order valence-electron chi connectivity index (χ0n) is 12.5. The van der Waals surface area contributed by atoms with Gasteiger partial charge < -0.3 is 5.32 Å². The molecular weight excluding hydrogens is 284 g/mol. The van der Waals surface area contributed by atoms with Crippen LogP contribution < -0.4 is 5.32 Å². The minimum absolute atomic E-state index is 0.0289. The van der Waals surface area contributed by atoms with Crippen LogP contribution in [0.15, 0.2) is 35.7 Å². The number of nitrogens with zero attached hydrogens (tertiary/aromatic N) is 3. The van der Waals surface area contributed by atoms with Crippen LogP contribution in [0.5, 0.6) is 0 Å². The van der Waals surface area contributed by atoms with Crippen LogP contribution in [0, 0.1) is 6.92 Å². The second-order valence-electron chi connectivity index (χ2n) is 4.82. The zero-order chi connectivity index (χ0) is 15.2. The molecular formula is C15H20N4OS. The number of para-hydroxylation sites is 1. The Bertz CT molecular complexity index is 611. The van der Waals surface area contributed by atoms with Crippen molar-refractivity contribution in [2.75, 3.05) is 6.54 Å². The Morgan fingerprint density at radius 3 is 2.90 bits per heavy atom. The first-order valence-electron chi connectivity index (χ1n) is 7.04. The maximum atomic E-state index is 12.0. The van der Waals surface area contributed by atoms with Gasteiger partial charge in [-0.25, -0.2) is 0 Å². The summed E-state index contributed by atoms with van der Waals surface area (Å²) >= 11 is 1.42. The number of benzene rings is 1. The summed E-state index contributed by atoms with van der Waals surface area (Å²) in [5.41, 5.74) is 2.17. The van der Waals surface area contributed by atoms with Crippen molar-refractivity contribution in [1.29, 1.82) is 0 Å². The summed E-state index contributed by atoms with van der Waals surface area (Å²) in [5, 5.41) is 11.5. The maximum Gasteiger partial charge on any atom is 0.233 e. The van der Waals surface area contributed by atoms with E-state index in [4.69, 9.17) is 0 Å². The number of hydrogen-bond acceptors (Lipinski definition) is 4. The molecule has 1 atom stereocenters. The van der Waals surface area contributed by atoms with Crippen molar-refractivity contribution in [3.63, 3.8) is 0 Å². The lowest BCUT2D eigenvalue weighted by Crippen LogP contribution is -2.31. The molecule has 0 aliphatic carbocycles. The molecule has 1 heterocycles. The van der Waals surface area contributed by atoms with Crippen LogP contribution in [-0.2, 0) is 4.79 Å². The molecule has 5 nitrogen and oxygen atoms in total. The highest BCUT2D eigenvalue weighted by molar-refractivity contribution is 8.00. The van der Waals surface area contributed by atoms with E-state index in [0.29, 0.717) is 6.54 Å². The molecule has 0 radical (unpaired) electrons. The van der Waals surface area contributed by atoms with Crippen LogP contribution in [0.25, 0.3) is 5.69 Å². The van der Waals surface area contributed by atoms with Gasteiger partial charge in [0.25, 0.3) is 0 Å². The molecule has 1 aromatic heterocycles. The summed E-state index contributed by atoms with van der Waals surface area (Å²) in [7, 11) is 0. The second-order valence-corrected chi connectivity index (χ2v) is 6.13. The van der Waals surface area contributed by atoms with Crippen molar-refractivity contribution in [3.8, 4) is 5.69 Å². The molecule has 2 aromatic rings. The Morgan fingerprint density at radius 2 is 2.19 bits per heavy atom. The first-order chi connectivity index (χ1) is 10.1. The minimum Gasteiger partial charge on any atom is -0.355 e. The van der Waals surface area contributed by atoms with Gasteiger partial charge in [-0.1, -0.05) is 36.9 Å². The highest BCUT2D eigenvalue weighted by Gasteiger charge is 2.18. The third kappa shape index (κ3) is 3.85. The summed E-state index contributed by atoms with van der Waals surface area (Å²) in [6.07, 6.45) is 2.61. The van der Waals surface area contributed by atoms with Gasteiger partial charge in [0.15, 0.2) is 5.16 Å². The molecule has 0 fully saturated rings. The van der Waals surface area contributed by atoms with Gasteiger partial charge in [0.1, 0.15) is 6.33 Å². The first-order valence-corrected chi connectivity index (χ1v) is 7.91. The Hall–Kier alpha value is -1.82. The summed E-state index contributed by atoms with van der Waals surface area (Å²) in [6.45, 7) is 6.66. The van der Waals surface area contributed by atoms with E-state index in [2.05, 4.69) is 15.5 Å². The molecule has 6 heteroatoms. The fourth-order valence-corrected chi connectivity index (χ4v) is 2.77. The van der Waals surface area contributed by atoms with Gasteiger partial charge in [-0.3, -0.25) is 9.36 Å². The van der Waals surface area contributed by atoms with E-state index in [1.165, 1.54) is 11.8 Å². The molecule has 0 aliphatic rings. The number of aryl methyl sites for hydroxylation is 1. The van der Waals surface area contributed by atoms with Crippen LogP contribution in [0.4, 0.5) is 0 Å². The zero-order valence-corrected chi connectivity index (χ0v) is 13.4. The Labute approximate surface area is 129 Å². The number of carbonyl (C=O) groups is 1. The predicted molar refractivity (Wildman–Crippen MR) is 84.7 cm³/mol. The van der Waals surface area contributed by atoms with Crippen LogP contribution in [-0.4, -0.2) is 32.5 Å². The van der Waals surface area contributed by atoms with Crippen LogP contribution in [0.3, 0.4) is 0 Å². The lowest BCUT2D eigenvalue weighted by molar-refractivity contribution is -0.120. The molecule has 0 saturated carbocycles. The van der Waals surface area contributed by atoms with Gasteiger partial charge in [0, 0.05) is 6.54 Å². The quantitative estimate of drug-likeness (QED) is 0.833. The third-order valence-corrected chi connectivity index (χ3v) is 4.15. The summed E-state index contributed by atoms with van der Waals surface area (Å²) in [6, 6.07) is 8.04. The molecule has 0 spiro atoms. The number of hydrogen-bond donors (Lipinski definition) is 1. The van der Waals surface area contributed by atoms with Crippen LogP contribution >= 0.6 is 11.8 Å². The van der Waals surface area contributed by atoms with Crippen molar-refractivity contribution >= 4 is 17.7 Å². The lowest BCUT2D eigenvalue weighted by atomic mass is 10.2. The Balaban J connectivity index is 2.14. The van der Waals surface area contributed by atoms with E-state index >= 15 is 0 Å². The monoisotopic (exact) mass is 304 g/mol. The number of carbonyl (C=O) groups excluding carboxylic acids is 1. The fraction of sp³-hybridized carbons (Fsp3) is 0.400. The van der Waals surface area contributed by atoms with Gasteiger partial charge in [-0.2, -0.15) is 0 Å². The number of amides is 1. The molecule has 0 saturated heterocycles. The average Bonchev–Trinajstić information content (AvgIpc) is 2.93.